The highest BCUT2D eigenvalue weighted by Crippen LogP contribution is 2.14. The van der Waals surface area contributed by atoms with Crippen molar-refractivity contribution in [2.45, 2.75) is 32.1 Å². The van der Waals surface area contributed by atoms with E-state index in [0.29, 0.717) is 6.54 Å². The number of nitrogens with one attached hydrogen (secondary N) is 2. The molecule has 0 bridgehead atoms. The molecular formula is C16H23N3O3. The van der Waals surface area contributed by atoms with E-state index in [0.717, 1.165) is 50.8 Å². The zero-order valence-electron chi connectivity index (χ0n) is 12.7. The van der Waals surface area contributed by atoms with Crippen molar-refractivity contribution in [2.75, 3.05) is 19.6 Å². The van der Waals surface area contributed by atoms with Crippen LogP contribution in [0, 0.1) is 16.0 Å². The van der Waals surface area contributed by atoms with Crippen LogP contribution in [0.15, 0.2) is 24.3 Å². The van der Waals surface area contributed by atoms with Gasteiger partial charge in [-0.3, -0.25) is 14.9 Å². The molecule has 1 saturated heterocycles. The largest absolute Gasteiger partial charge is 0.356 e. The minimum absolute atomic E-state index is 0.123. The summed E-state index contributed by atoms with van der Waals surface area (Å²) in [4.78, 5) is 22.1. The lowest BCUT2D eigenvalue weighted by molar-refractivity contribution is -0.384. The Balaban J connectivity index is 1.60. The highest BCUT2D eigenvalue weighted by Gasteiger charge is 2.19. The summed E-state index contributed by atoms with van der Waals surface area (Å²) >= 11 is 0. The number of non-ortho nitro benzene ring substituents is 1. The zero-order chi connectivity index (χ0) is 15.8. The summed E-state index contributed by atoms with van der Waals surface area (Å²) in [5, 5.41) is 16.8. The molecule has 6 heteroatoms. The highest BCUT2D eigenvalue weighted by molar-refractivity contribution is 5.78. The number of hydrogen-bond donors (Lipinski definition) is 2. The first-order valence-electron chi connectivity index (χ1n) is 7.88. The second-order valence-electron chi connectivity index (χ2n) is 5.70. The number of aryl methyl sites for hydroxylation is 1. The van der Waals surface area contributed by atoms with E-state index in [1.165, 1.54) is 12.1 Å². The molecule has 1 heterocycles. The van der Waals surface area contributed by atoms with Gasteiger partial charge in [0, 0.05) is 24.6 Å². The molecule has 1 aromatic rings. The van der Waals surface area contributed by atoms with Crippen LogP contribution in [-0.2, 0) is 11.2 Å². The van der Waals surface area contributed by atoms with Crippen molar-refractivity contribution in [3.05, 3.63) is 39.9 Å². The average molecular weight is 305 g/mol. The molecule has 2 rings (SSSR count). The van der Waals surface area contributed by atoms with Crippen molar-refractivity contribution in [3.8, 4) is 0 Å². The third-order valence-electron chi connectivity index (χ3n) is 4.05. The van der Waals surface area contributed by atoms with Gasteiger partial charge in [0.25, 0.3) is 5.69 Å². The van der Waals surface area contributed by atoms with E-state index in [2.05, 4.69) is 10.6 Å². The number of rotatable bonds is 7. The van der Waals surface area contributed by atoms with Gasteiger partial charge in [-0.1, -0.05) is 12.1 Å². The standard InChI is InChI=1S/C16H23N3O3/c20-16(14-8-11-17-12-9-14)18-10-2-1-3-13-4-6-15(7-5-13)19(21)22/h4-7,14,17H,1-3,8-12H2,(H,18,20). The first kappa shape index (κ1) is 16.4. The van der Waals surface area contributed by atoms with Gasteiger partial charge >= 0.3 is 0 Å². The molecule has 1 aliphatic rings. The number of carbonyl (C=O) groups excluding carboxylic acids is 1. The van der Waals surface area contributed by atoms with E-state index >= 15 is 0 Å². The number of nitro benzene ring substituents is 1. The van der Waals surface area contributed by atoms with Gasteiger partial charge in [0.2, 0.25) is 5.91 Å². The number of piperidine rings is 1. The van der Waals surface area contributed by atoms with Crippen LogP contribution < -0.4 is 10.6 Å². The van der Waals surface area contributed by atoms with Crippen molar-refractivity contribution in [1.82, 2.24) is 10.6 Å². The predicted octanol–water partition coefficient (Wildman–Crippen LogP) is 2.03. The molecule has 2 N–H and O–H groups in total. The Morgan fingerprint density at radius 2 is 1.91 bits per heavy atom. The number of unbranched alkanes of at least 4 members (excludes halogenated alkanes) is 1. The molecular weight excluding hydrogens is 282 g/mol. The fourth-order valence-corrected chi connectivity index (χ4v) is 2.68. The number of nitrogens with zero attached hydrogens (tertiary/aromatic N) is 1. The first-order chi connectivity index (χ1) is 10.7. The SMILES string of the molecule is O=C(NCCCCc1ccc([N+](=O)[O-])cc1)C1CCNCC1. The molecule has 22 heavy (non-hydrogen) atoms. The Labute approximate surface area is 130 Å². The summed E-state index contributed by atoms with van der Waals surface area (Å²) in [6, 6.07) is 6.67. The minimum Gasteiger partial charge on any atom is -0.356 e. The summed E-state index contributed by atoms with van der Waals surface area (Å²) in [6.45, 7) is 2.56. The van der Waals surface area contributed by atoms with Gasteiger partial charge < -0.3 is 10.6 Å². The molecule has 1 aromatic carbocycles. The van der Waals surface area contributed by atoms with Crippen LogP contribution in [0.2, 0.25) is 0 Å². The monoisotopic (exact) mass is 305 g/mol. The summed E-state index contributed by atoms with van der Waals surface area (Å²) < 4.78 is 0. The van der Waals surface area contributed by atoms with E-state index in [9.17, 15) is 14.9 Å². The van der Waals surface area contributed by atoms with Crippen LogP contribution in [-0.4, -0.2) is 30.5 Å². The van der Waals surface area contributed by atoms with E-state index in [1.807, 2.05) is 0 Å². The van der Waals surface area contributed by atoms with Crippen LogP contribution in [0.25, 0.3) is 0 Å². The molecule has 1 amide bonds. The van der Waals surface area contributed by atoms with Crippen molar-refractivity contribution >= 4 is 11.6 Å². The molecule has 1 fully saturated rings. The lowest BCUT2D eigenvalue weighted by Crippen LogP contribution is -2.38. The zero-order valence-corrected chi connectivity index (χ0v) is 12.7. The van der Waals surface area contributed by atoms with Crippen LogP contribution in [0.5, 0.6) is 0 Å². The summed E-state index contributed by atoms with van der Waals surface area (Å²) in [5.74, 6) is 0.341. The van der Waals surface area contributed by atoms with E-state index < -0.39 is 0 Å². The molecule has 1 aliphatic heterocycles. The number of carbonyl (C=O) groups is 1. The van der Waals surface area contributed by atoms with Crippen molar-refractivity contribution in [2.24, 2.45) is 5.92 Å². The summed E-state index contributed by atoms with van der Waals surface area (Å²) in [7, 11) is 0. The predicted molar refractivity (Wildman–Crippen MR) is 84.6 cm³/mol. The second-order valence-corrected chi connectivity index (χ2v) is 5.70. The van der Waals surface area contributed by atoms with Gasteiger partial charge in [0.15, 0.2) is 0 Å². The number of hydrogen-bond acceptors (Lipinski definition) is 4. The Kier molecular flexibility index (Phi) is 6.33. The van der Waals surface area contributed by atoms with Gasteiger partial charge in [0.1, 0.15) is 0 Å². The van der Waals surface area contributed by atoms with Crippen LogP contribution in [0.3, 0.4) is 0 Å². The van der Waals surface area contributed by atoms with Gasteiger partial charge in [-0.05, 0) is 50.8 Å². The number of benzene rings is 1. The first-order valence-corrected chi connectivity index (χ1v) is 7.88. The molecule has 0 spiro atoms. The number of nitro groups is 1. The minimum atomic E-state index is -0.389. The lowest BCUT2D eigenvalue weighted by atomic mass is 9.97. The smallest absolute Gasteiger partial charge is 0.269 e. The van der Waals surface area contributed by atoms with E-state index in [1.54, 1.807) is 12.1 Å². The van der Waals surface area contributed by atoms with E-state index in [-0.39, 0.29) is 22.4 Å². The van der Waals surface area contributed by atoms with Crippen LogP contribution >= 0.6 is 0 Å². The molecule has 0 radical (unpaired) electrons. The Hall–Kier alpha value is -1.95. The maximum atomic E-state index is 11.9. The Bertz CT molecular complexity index is 496. The fraction of sp³-hybridized carbons (Fsp3) is 0.562. The average Bonchev–Trinajstić information content (AvgIpc) is 2.55. The van der Waals surface area contributed by atoms with Crippen molar-refractivity contribution in [1.29, 1.82) is 0 Å². The maximum Gasteiger partial charge on any atom is 0.269 e. The van der Waals surface area contributed by atoms with Gasteiger partial charge in [0.05, 0.1) is 4.92 Å². The molecule has 6 nitrogen and oxygen atoms in total. The van der Waals surface area contributed by atoms with Crippen LogP contribution in [0.4, 0.5) is 5.69 Å². The molecule has 0 aromatic heterocycles. The second kappa shape index (κ2) is 8.48. The summed E-state index contributed by atoms with van der Waals surface area (Å²) in [6.07, 6.45) is 4.61. The molecule has 0 saturated carbocycles. The molecule has 0 aliphatic carbocycles. The van der Waals surface area contributed by atoms with Crippen molar-refractivity contribution < 1.29 is 9.72 Å². The highest BCUT2D eigenvalue weighted by atomic mass is 16.6. The van der Waals surface area contributed by atoms with Gasteiger partial charge in [-0.25, -0.2) is 0 Å². The topological polar surface area (TPSA) is 84.3 Å². The number of amides is 1. The van der Waals surface area contributed by atoms with E-state index in [4.69, 9.17) is 0 Å². The molecule has 0 atom stereocenters. The molecule has 120 valence electrons. The quantitative estimate of drug-likeness (QED) is 0.458. The Morgan fingerprint density at radius 3 is 2.55 bits per heavy atom. The molecule has 0 unspecified atom stereocenters. The Morgan fingerprint density at radius 1 is 1.23 bits per heavy atom. The maximum absolute atomic E-state index is 11.9. The third-order valence-corrected chi connectivity index (χ3v) is 4.05. The fourth-order valence-electron chi connectivity index (χ4n) is 2.68. The van der Waals surface area contributed by atoms with Crippen molar-refractivity contribution in [3.63, 3.8) is 0 Å². The summed E-state index contributed by atoms with van der Waals surface area (Å²) in [5.41, 5.74) is 1.22. The van der Waals surface area contributed by atoms with Crippen LogP contribution in [0.1, 0.15) is 31.2 Å². The van der Waals surface area contributed by atoms with Gasteiger partial charge in [-0.2, -0.15) is 0 Å². The van der Waals surface area contributed by atoms with Gasteiger partial charge in [-0.15, -0.1) is 0 Å². The lowest BCUT2D eigenvalue weighted by Gasteiger charge is -2.21. The normalized spacial score (nSPS) is 15.5. The third kappa shape index (κ3) is 5.11.